The summed E-state index contributed by atoms with van der Waals surface area (Å²) in [6.07, 6.45) is 4.33. The highest BCUT2D eigenvalue weighted by Crippen LogP contribution is 2.41. The highest BCUT2D eigenvalue weighted by atomic mass is 32.1. The fraction of sp³-hybridized carbons (Fsp3) is 0.615. The number of amides is 1. The normalized spacial score (nSPS) is 30.1. The van der Waals surface area contributed by atoms with Gasteiger partial charge in [0, 0.05) is 30.6 Å². The zero-order valence-corrected chi connectivity index (χ0v) is 11.3. The van der Waals surface area contributed by atoms with E-state index < -0.39 is 11.9 Å². The van der Waals surface area contributed by atoms with Gasteiger partial charge in [-0.05, 0) is 19.3 Å². The van der Waals surface area contributed by atoms with Crippen LogP contribution in [0.3, 0.4) is 0 Å². The molecule has 1 N–H and O–H groups in total. The Morgan fingerprint density at radius 2 is 2.26 bits per heavy atom. The molecule has 1 aromatic heterocycles. The predicted molar refractivity (Wildman–Crippen MR) is 69.9 cm³/mol. The van der Waals surface area contributed by atoms with Gasteiger partial charge in [0.1, 0.15) is 0 Å². The van der Waals surface area contributed by atoms with Crippen molar-refractivity contribution >= 4 is 23.2 Å². The van der Waals surface area contributed by atoms with Crippen molar-refractivity contribution in [3.8, 4) is 0 Å². The Morgan fingerprint density at radius 1 is 1.42 bits per heavy atom. The Bertz CT molecular complexity index is 488. The zero-order valence-electron chi connectivity index (χ0n) is 10.5. The third-order valence-electron chi connectivity index (χ3n) is 3.96. The Kier molecular flexibility index (Phi) is 3.26. The van der Waals surface area contributed by atoms with Crippen molar-refractivity contribution in [2.75, 3.05) is 13.1 Å². The minimum absolute atomic E-state index is 0.0219. The number of aliphatic carboxylic acids is 1. The predicted octanol–water partition coefficient (Wildman–Crippen LogP) is 1.57. The van der Waals surface area contributed by atoms with Gasteiger partial charge in [-0.2, -0.15) is 0 Å². The van der Waals surface area contributed by atoms with Crippen molar-refractivity contribution < 1.29 is 14.7 Å². The summed E-state index contributed by atoms with van der Waals surface area (Å²) >= 11 is 1.63. The van der Waals surface area contributed by atoms with E-state index in [0.717, 1.165) is 24.4 Å². The second-order valence-corrected chi connectivity index (χ2v) is 6.21. The number of hydrogen-bond donors (Lipinski definition) is 1. The molecule has 102 valence electrons. The van der Waals surface area contributed by atoms with Crippen LogP contribution in [0.2, 0.25) is 0 Å². The van der Waals surface area contributed by atoms with Crippen molar-refractivity contribution in [1.82, 2.24) is 9.88 Å². The lowest BCUT2D eigenvalue weighted by Crippen LogP contribution is -2.40. The number of piperidine rings is 1. The molecule has 0 spiro atoms. The van der Waals surface area contributed by atoms with Gasteiger partial charge in [0.25, 0.3) is 0 Å². The van der Waals surface area contributed by atoms with Crippen LogP contribution >= 0.6 is 11.3 Å². The molecule has 3 rings (SSSR count). The minimum Gasteiger partial charge on any atom is -0.481 e. The molecule has 0 radical (unpaired) electrons. The van der Waals surface area contributed by atoms with E-state index in [1.54, 1.807) is 17.5 Å². The zero-order chi connectivity index (χ0) is 13.4. The second-order valence-electron chi connectivity index (χ2n) is 5.28. The van der Waals surface area contributed by atoms with E-state index in [1.807, 2.05) is 10.3 Å². The van der Waals surface area contributed by atoms with E-state index in [0.29, 0.717) is 18.9 Å². The largest absolute Gasteiger partial charge is 0.481 e. The molecule has 2 heterocycles. The molecule has 2 aliphatic rings. The maximum absolute atomic E-state index is 12.2. The van der Waals surface area contributed by atoms with Gasteiger partial charge in [0.15, 0.2) is 0 Å². The molecule has 1 aliphatic carbocycles. The molecule has 0 bridgehead atoms. The van der Waals surface area contributed by atoms with Gasteiger partial charge >= 0.3 is 5.97 Å². The third kappa shape index (κ3) is 2.49. The summed E-state index contributed by atoms with van der Waals surface area (Å²) in [5.41, 5.74) is 0. The molecule has 19 heavy (non-hydrogen) atoms. The lowest BCUT2D eigenvalue weighted by molar-refractivity contribution is -0.142. The summed E-state index contributed by atoms with van der Waals surface area (Å²) in [6, 6.07) is 0. The van der Waals surface area contributed by atoms with Crippen LogP contribution in [0.15, 0.2) is 11.6 Å². The van der Waals surface area contributed by atoms with Crippen LogP contribution in [0.1, 0.15) is 30.2 Å². The molecular formula is C13H16N2O3S. The minimum atomic E-state index is -0.841. The second kappa shape index (κ2) is 4.92. The number of aromatic nitrogens is 1. The first kappa shape index (κ1) is 12.6. The van der Waals surface area contributed by atoms with E-state index in [9.17, 15) is 9.59 Å². The maximum Gasteiger partial charge on any atom is 0.307 e. The first-order valence-corrected chi connectivity index (χ1v) is 7.45. The molecule has 0 unspecified atom stereocenters. The molecule has 3 atom stereocenters. The number of carbonyl (C=O) groups is 2. The monoisotopic (exact) mass is 280 g/mol. The van der Waals surface area contributed by atoms with Gasteiger partial charge in [-0.1, -0.05) is 0 Å². The van der Waals surface area contributed by atoms with Crippen molar-refractivity contribution in [3.63, 3.8) is 0 Å². The molecular weight excluding hydrogens is 264 g/mol. The van der Waals surface area contributed by atoms with Crippen LogP contribution in [-0.4, -0.2) is 40.0 Å². The van der Waals surface area contributed by atoms with Crippen LogP contribution in [0.25, 0.3) is 0 Å². The van der Waals surface area contributed by atoms with Crippen LogP contribution < -0.4 is 0 Å². The van der Waals surface area contributed by atoms with Gasteiger partial charge < -0.3 is 10.0 Å². The lowest BCUT2D eigenvalue weighted by atomic mass is 9.98. The standard InChI is InChI=1S/C13H16N2O3S/c16-12(9-6-10(9)13(17)18)15-4-1-2-8(7-15)11-14-3-5-19-11/h3,5,8-10H,1-2,4,6-7H2,(H,17,18)/t8-,9-,10-/m1/s1. The Labute approximate surface area is 115 Å². The summed E-state index contributed by atoms with van der Waals surface area (Å²) < 4.78 is 0. The van der Waals surface area contributed by atoms with E-state index >= 15 is 0 Å². The molecule has 0 aromatic carbocycles. The average molecular weight is 280 g/mol. The molecule has 2 fully saturated rings. The summed E-state index contributed by atoms with van der Waals surface area (Å²) in [6.45, 7) is 1.44. The number of hydrogen-bond acceptors (Lipinski definition) is 4. The van der Waals surface area contributed by atoms with E-state index in [-0.39, 0.29) is 11.8 Å². The fourth-order valence-corrected chi connectivity index (χ4v) is 3.56. The van der Waals surface area contributed by atoms with Gasteiger partial charge in [-0.15, -0.1) is 11.3 Å². The number of rotatable bonds is 3. The smallest absolute Gasteiger partial charge is 0.307 e. The average Bonchev–Trinajstić information content (AvgIpc) is 3.04. The van der Waals surface area contributed by atoms with Crippen LogP contribution in [0, 0.1) is 11.8 Å². The SMILES string of the molecule is O=C(O)[C@@H]1C[C@H]1C(=O)N1CCC[C@@H](c2nccs2)C1. The number of thiazole rings is 1. The summed E-state index contributed by atoms with van der Waals surface area (Å²) in [4.78, 5) is 29.2. The number of nitrogens with zero attached hydrogens (tertiary/aromatic N) is 2. The number of carbonyl (C=O) groups excluding carboxylic acids is 1. The van der Waals surface area contributed by atoms with Gasteiger partial charge in [-0.25, -0.2) is 4.98 Å². The summed E-state index contributed by atoms with van der Waals surface area (Å²) in [5, 5.41) is 11.9. The maximum atomic E-state index is 12.2. The first-order chi connectivity index (χ1) is 9.16. The van der Waals surface area contributed by atoms with Crippen LogP contribution in [0.4, 0.5) is 0 Å². The van der Waals surface area contributed by atoms with Crippen LogP contribution in [-0.2, 0) is 9.59 Å². The van der Waals surface area contributed by atoms with E-state index in [1.165, 1.54) is 0 Å². The highest BCUT2D eigenvalue weighted by molar-refractivity contribution is 7.09. The molecule has 1 aliphatic heterocycles. The Balaban J connectivity index is 1.63. The molecule has 6 heteroatoms. The molecule has 1 saturated heterocycles. The molecule has 1 amide bonds. The lowest BCUT2D eigenvalue weighted by Gasteiger charge is -2.32. The quantitative estimate of drug-likeness (QED) is 0.912. The first-order valence-electron chi connectivity index (χ1n) is 6.58. The topological polar surface area (TPSA) is 70.5 Å². The number of carboxylic acids is 1. The number of likely N-dealkylation sites (tertiary alicyclic amines) is 1. The van der Waals surface area contributed by atoms with E-state index in [2.05, 4.69) is 4.98 Å². The Hall–Kier alpha value is -1.43. The van der Waals surface area contributed by atoms with Crippen molar-refractivity contribution in [2.24, 2.45) is 11.8 Å². The fourth-order valence-electron chi connectivity index (χ4n) is 2.79. The molecule has 1 saturated carbocycles. The number of carboxylic acid groups (broad SMARTS) is 1. The van der Waals surface area contributed by atoms with E-state index in [4.69, 9.17) is 5.11 Å². The van der Waals surface area contributed by atoms with Gasteiger partial charge in [0.05, 0.1) is 16.8 Å². The summed E-state index contributed by atoms with van der Waals surface area (Å²) in [5.74, 6) is -1.24. The van der Waals surface area contributed by atoms with Crippen LogP contribution in [0.5, 0.6) is 0 Å². The van der Waals surface area contributed by atoms with Gasteiger partial charge in [0.2, 0.25) is 5.91 Å². The summed E-state index contributed by atoms with van der Waals surface area (Å²) in [7, 11) is 0. The third-order valence-corrected chi connectivity index (χ3v) is 4.90. The highest BCUT2D eigenvalue weighted by Gasteiger charge is 2.50. The van der Waals surface area contributed by atoms with Crippen molar-refractivity contribution in [3.05, 3.63) is 16.6 Å². The van der Waals surface area contributed by atoms with Crippen molar-refractivity contribution in [1.29, 1.82) is 0 Å². The van der Waals surface area contributed by atoms with Crippen molar-refractivity contribution in [2.45, 2.75) is 25.2 Å². The molecule has 1 aromatic rings. The molecule has 5 nitrogen and oxygen atoms in total. The Morgan fingerprint density at radius 3 is 2.89 bits per heavy atom. The van der Waals surface area contributed by atoms with Gasteiger partial charge in [-0.3, -0.25) is 9.59 Å².